The van der Waals surface area contributed by atoms with E-state index in [-0.39, 0.29) is 20.5 Å². The van der Waals surface area contributed by atoms with Crippen LogP contribution < -0.4 is 5.32 Å². The molecular weight excluding hydrogens is 225 g/mol. The van der Waals surface area contributed by atoms with E-state index in [9.17, 15) is 9.36 Å². The quantitative estimate of drug-likeness (QED) is 0.613. The molecule has 5 heteroatoms. The maximum absolute atomic E-state index is 11.7. The molecule has 1 N–H and O–H groups in total. The second-order valence-corrected chi connectivity index (χ2v) is 3.86. The molecule has 0 heterocycles. The van der Waals surface area contributed by atoms with Gasteiger partial charge in [-0.3, -0.25) is 9.32 Å². The molecule has 1 aromatic rings. The normalized spacial score (nSPS) is 12.3. The monoisotopic (exact) mass is 239 g/mol. The Labute approximate surface area is 96.3 Å². The Balaban J connectivity index is 2.37. The third-order valence-corrected chi connectivity index (χ3v) is 2.47. The smallest absolute Gasteiger partial charge is 0.326 e. The maximum atomic E-state index is 11.7. The van der Waals surface area contributed by atoms with Gasteiger partial charge in [0.1, 0.15) is 0 Å². The molecule has 0 saturated heterocycles. The lowest BCUT2D eigenvalue weighted by atomic mass is 10.1. The Morgan fingerprint density at radius 1 is 1.44 bits per heavy atom. The third kappa shape index (κ3) is 4.51. The van der Waals surface area contributed by atoms with Gasteiger partial charge in [-0.05, 0) is 18.6 Å². The van der Waals surface area contributed by atoms with Gasteiger partial charge in [-0.2, -0.15) is 0 Å². The molecule has 0 aliphatic heterocycles. The third-order valence-electron chi connectivity index (χ3n) is 2.18. The van der Waals surface area contributed by atoms with Crippen molar-refractivity contribution in [3.05, 3.63) is 30.3 Å². The number of amides is 1. The van der Waals surface area contributed by atoms with E-state index >= 15 is 0 Å². The van der Waals surface area contributed by atoms with Crippen LogP contribution in [0.5, 0.6) is 0 Å². The van der Waals surface area contributed by atoms with Crippen LogP contribution in [0.2, 0.25) is 0 Å². The molecule has 0 aliphatic rings. The standard InChI is InChI=1S/C11H14NO3P/c1-9(7-8-15-16-14)11(13)12-10-5-3-2-4-6-10/h2-6,9H,7-8H2,1H3,(H,12,13). The van der Waals surface area contributed by atoms with Crippen LogP contribution in [0.1, 0.15) is 13.3 Å². The van der Waals surface area contributed by atoms with Crippen LogP contribution in [0.3, 0.4) is 0 Å². The van der Waals surface area contributed by atoms with E-state index in [4.69, 9.17) is 0 Å². The summed E-state index contributed by atoms with van der Waals surface area (Å²) in [4.78, 5) is 11.7. The van der Waals surface area contributed by atoms with Crippen LogP contribution in [-0.4, -0.2) is 12.5 Å². The molecule has 0 aliphatic carbocycles. The molecule has 0 saturated carbocycles. The van der Waals surface area contributed by atoms with Gasteiger partial charge in [-0.25, -0.2) is 4.57 Å². The van der Waals surface area contributed by atoms with Gasteiger partial charge >= 0.3 is 8.69 Å². The molecule has 1 unspecified atom stereocenters. The van der Waals surface area contributed by atoms with Crippen molar-refractivity contribution in [3.63, 3.8) is 0 Å². The van der Waals surface area contributed by atoms with Gasteiger partial charge in [-0.15, -0.1) is 0 Å². The second kappa shape index (κ2) is 7.09. The molecule has 0 aromatic heterocycles. The summed E-state index contributed by atoms with van der Waals surface area (Å²) in [5, 5.41) is 2.79. The molecule has 0 bridgehead atoms. The Bertz CT molecular complexity index is 342. The Hall–Kier alpha value is -1.25. The predicted molar refractivity (Wildman–Crippen MR) is 62.4 cm³/mol. The van der Waals surface area contributed by atoms with Crippen molar-refractivity contribution in [2.24, 2.45) is 5.92 Å². The van der Waals surface area contributed by atoms with Crippen molar-refractivity contribution < 1.29 is 13.9 Å². The van der Waals surface area contributed by atoms with Gasteiger partial charge in [0, 0.05) is 11.6 Å². The summed E-state index contributed by atoms with van der Waals surface area (Å²) in [6.45, 7) is 2.12. The van der Waals surface area contributed by atoms with Gasteiger partial charge in [0.15, 0.2) is 0 Å². The fraction of sp³-hybridized carbons (Fsp3) is 0.364. The molecule has 0 spiro atoms. The van der Waals surface area contributed by atoms with E-state index < -0.39 is 0 Å². The van der Waals surface area contributed by atoms with Crippen molar-refractivity contribution >= 4 is 20.3 Å². The zero-order valence-electron chi connectivity index (χ0n) is 9.05. The summed E-state index contributed by atoms with van der Waals surface area (Å²) < 4.78 is 14.7. The van der Waals surface area contributed by atoms with Crippen molar-refractivity contribution in [1.82, 2.24) is 0 Å². The fourth-order valence-corrected chi connectivity index (χ4v) is 1.36. The molecule has 86 valence electrons. The minimum Gasteiger partial charge on any atom is -0.326 e. The zero-order valence-corrected chi connectivity index (χ0v) is 9.94. The molecule has 1 aromatic carbocycles. The van der Waals surface area contributed by atoms with Crippen molar-refractivity contribution in [3.8, 4) is 0 Å². The molecular formula is C11H14NO3P. The van der Waals surface area contributed by atoms with E-state index in [1.54, 1.807) is 0 Å². The SMILES string of the molecule is CC(CCOP=O)C(=O)Nc1ccccc1. The first-order valence-corrected chi connectivity index (χ1v) is 5.77. The highest BCUT2D eigenvalue weighted by Crippen LogP contribution is 2.10. The predicted octanol–water partition coefficient (Wildman–Crippen LogP) is 2.87. The van der Waals surface area contributed by atoms with Gasteiger partial charge in [0.25, 0.3) is 0 Å². The van der Waals surface area contributed by atoms with Crippen LogP contribution >= 0.6 is 8.69 Å². The van der Waals surface area contributed by atoms with E-state index in [1.165, 1.54) is 0 Å². The highest BCUT2D eigenvalue weighted by Gasteiger charge is 2.12. The highest BCUT2D eigenvalue weighted by molar-refractivity contribution is 7.17. The van der Waals surface area contributed by atoms with Crippen LogP contribution in [0.25, 0.3) is 0 Å². The molecule has 1 atom stereocenters. The minimum absolute atomic E-state index is 0.0580. The van der Waals surface area contributed by atoms with Crippen molar-refractivity contribution in [2.45, 2.75) is 13.3 Å². The van der Waals surface area contributed by atoms with Crippen LogP contribution in [0.4, 0.5) is 5.69 Å². The lowest BCUT2D eigenvalue weighted by Crippen LogP contribution is -2.21. The Morgan fingerprint density at radius 3 is 2.75 bits per heavy atom. The summed E-state index contributed by atoms with van der Waals surface area (Å²) >= 11 is 0. The van der Waals surface area contributed by atoms with Gasteiger partial charge in [-0.1, -0.05) is 25.1 Å². The molecule has 1 amide bonds. The van der Waals surface area contributed by atoms with Crippen molar-refractivity contribution in [2.75, 3.05) is 11.9 Å². The number of para-hydroxylation sites is 1. The molecule has 0 fully saturated rings. The zero-order chi connectivity index (χ0) is 11.8. The average molecular weight is 239 g/mol. The van der Waals surface area contributed by atoms with E-state index in [2.05, 4.69) is 9.84 Å². The number of anilines is 1. The Morgan fingerprint density at radius 2 is 2.12 bits per heavy atom. The lowest BCUT2D eigenvalue weighted by molar-refractivity contribution is -0.119. The number of hydrogen-bond donors (Lipinski definition) is 1. The van der Waals surface area contributed by atoms with Gasteiger partial charge < -0.3 is 5.32 Å². The number of rotatable bonds is 6. The van der Waals surface area contributed by atoms with Gasteiger partial charge in [0.2, 0.25) is 5.91 Å². The van der Waals surface area contributed by atoms with Gasteiger partial charge in [0.05, 0.1) is 6.61 Å². The first kappa shape index (κ1) is 12.8. The topological polar surface area (TPSA) is 55.4 Å². The second-order valence-electron chi connectivity index (χ2n) is 3.45. The molecule has 16 heavy (non-hydrogen) atoms. The first-order valence-electron chi connectivity index (χ1n) is 5.04. The van der Waals surface area contributed by atoms with E-state index in [0.29, 0.717) is 13.0 Å². The largest absolute Gasteiger partial charge is 0.327 e. The summed E-state index contributed by atoms with van der Waals surface area (Å²) in [5.41, 5.74) is 0.780. The summed E-state index contributed by atoms with van der Waals surface area (Å²) in [7, 11) is -0.340. The highest BCUT2D eigenvalue weighted by atomic mass is 31.1. The molecule has 0 radical (unpaired) electrons. The van der Waals surface area contributed by atoms with E-state index in [0.717, 1.165) is 5.69 Å². The number of carbonyl (C=O) groups is 1. The van der Waals surface area contributed by atoms with Crippen LogP contribution in [-0.2, 0) is 13.9 Å². The summed E-state index contributed by atoms with van der Waals surface area (Å²) in [6.07, 6.45) is 0.550. The Kier molecular flexibility index (Phi) is 5.68. The molecule has 1 rings (SSSR count). The number of benzene rings is 1. The number of hydrogen-bond acceptors (Lipinski definition) is 3. The first-order chi connectivity index (χ1) is 7.74. The molecule has 4 nitrogen and oxygen atoms in total. The number of carbonyl (C=O) groups excluding carboxylic acids is 1. The van der Waals surface area contributed by atoms with E-state index in [1.807, 2.05) is 37.3 Å². The average Bonchev–Trinajstić information content (AvgIpc) is 2.30. The number of nitrogens with one attached hydrogen (secondary N) is 1. The van der Waals surface area contributed by atoms with Crippen molar-refractivity contribution in [1.29, 1.82) is 0 Å². The summed E-state index contributed by atoms with van der Waals surface area (Å²) in [5.74, 6) is -0.223. The maximum Gasteiger partial charge on any atom is 0.327 e. The lowest BCUT2D eigenvalue weighted by Gasteiger charge is -2.10. The summed E-state index contributed by atoms with van der Waals surface area (Å²) in [6, 6.07) is 9.27. The van der Waals surface area contributed by atoms with Crippen LogP contribution in [0, 0.1) is 5.92 Å². The van der Waals surface area contributed by atoms with Crippen LogP contribution in [0.15, 0.2) is 30.3 Å². The fourth-order valence-electron chi connectivity index (χ4n) is 1.18. The minimum atomic E-state index is -0.340.